The summed E-state index contributed by atoms with van der Waals surface area (Å²) in [6.45, 7) is 0.682. The third kappa shape index (κ3) is 3.24. The van der Waals surface area contributed by atoms with Gasteiger partial charge in [0.2, 0.25) is 0 Å². The summed E-state index contributed by atoms with van der Waals surface area (Å²) in [7, 11) is 0. The molecule has 3 heterocycles. The van der Waals surface area contributed by atoms with E-state index >= 15 is 0 Å². The first-order valence-electron chi connectivity index (χ1n) is 7.81. The van der Waals surface area contributed by atoms with E-state index in [2.05, 4.69) is 9.97 Å². The molecule has 1 aliphatic rings. The summed E-state index contributed by atoms with van der Waals surface area (Å²) in [5.74, 6) is 0.827. The molecule has 0 unspecified atom stereocenters. The molecule has 0 N–H and O–H groups in total. The molecule has 0 bridgehead atoms. The summed E-state index contributed by atoms with van der Waals surface area (Å²) < 4.78 is 1.99. The van der Waals surface area contributed by atoms with Crippen LogP contribution in [-0.2, 0) is 13.0 Å². The van der Waals surface area contributed by atoms with E-state index in [1.165, 1.54) is 17.7 Å². The first-order valence-corrected chi connectivity index (χ1v) is 8.63. The van der Waals surface area contributed by atoms with Gasteiger partial charge in [0.25, 0.3) is 0 Å². The van der Waals surface area contributed by atoms with Crippen LogP contribution in [0.25, 0.3) is 0 Å². The predicted molar refractivity (Wildman–Crippen MR) is 89.9 cm³/mol. The second-order valence-corrected chi connectivity index (χ2v) is 7.05. The lowest BCUT2D eigenvalue weighted by Gasteiger charge is -2.08. The molecule has 1 aliphatic carbocycles. The molecule has 0 spiro atoms. The molecular weight excluding hydrogens is 306 g/mol. The SMILES string of the molecule is O=C(Cc1ncc(C2CC2)s1)c1cccn1Cc1ccncc1. The fourth-order valence-electron chi connectivity index (χ4n) is 2.68. The number of carbonyl (C=O) groups is 1. The van der Waals surface area contributed by atoms with Crippen molar-refractivity contribution in [1.82, 2.24) is 14.5 Å². The Kier molecular flexibility index (Phi) is 3.79. The molecule has 3 aromatic rings. The van der Waals surface area contributed by atoms with Crippen molar-refractivity contribution < 1.29 is 4.79 Å². The quantitative estimate of drug-likeness (QED) is 0.650. The lowest BCUT2D eigenvalue weighted by atomic mass is 10.2. The number of hydrogen-bond donors (Lipinski definition) is 0. The highest BCUT2D eigenvalue weighted by Gasteiger charge is 2.26. The van der Waals surface area contributed by atoms with Crippen molar-refractivity contribution in [2.75, 3.05) is 0 Å². The Morgan fingerprint density at radius 1 is 1.26 bits per heavy atom. The Hall–Kier alpha value is -2.27. The molecule has 0 amide bonds. The maximum absolute atomic E-state index is 12.6. The van der Waals surface area contributed by atoms with Crippen molar-refractivity contribution in [2.45, 2.75) is 31.7 Å². The summed E-state index contributed by atoms with van der Waals surface area (Å²) in [6.07, 6.45) is 10.4. The molecule has 4 nitrogen and oxygen atoms in total. The highest BCUT2D eigenvalue weighted by Crippen LogP contribution is 2.42. The number of pyridine rings is 1. The second kappa shape index (κ2) is 6.08. The van der Waals surface area contributed by atoms with Crippen LogP contribution in [-0.4, -0.2) is 20.3 Å². The molecule has 0 radical (unpaired) electrons. The van der Waals surface area contributed by atoms with Crippen LogP contribution in [0.4, 0.5) is 0 Å². The first kappa shape index (κ1) is 14.3. The van der Waals surface area contributed by atoms with E-state index in [1.807, 2.05) is 41.2 Å². The predicted octanol–water partition coefficient (Wildman–Crippen LogP) is 3.69. The topological polar surface area (TPSA) is 47.8 Å². The lowest BCUT2D eigenvalue weighted by Crippen LogP contribution is -2.11. The summed E-state index contributed by atoms with van der Waals surface area (Å²) in [5.41, 5.74) is 1.88. The van der Waals surface area contributed by atoms with Gasteiger partial charge in [0.1, 0.15) is 5.01 Å². The monoisotopic (exact) mass is 323 g/mol. The molecular formula is C18H17N3OS. The fraction of sp³-hybridized carbons (Fsp3) is 0.278. The van der Waals surface area contributed by atoms with Gasteiger partial charge in [-0.15, -0.1) is 11.3 Å². The first-order chi connectivity index (χ1) is 11.3. The van der Waals surface area contributed by atoms with Crippen LogP contribution in [0.5, 0.6) is 0 Å². The molecule has 4 rings (SSSR count). The van der Waals surface area contributed by atoms with Crippen molar-refractivity contribution >= 4 is 17.1 Å². The minimum Gasteiger partial charge on any atom is -0.341 e. The van der Waals surface area contributed by atoms with Gasteiger partial charge in [-0.05, 0) is 48.6 Å². The molecule has 5 heteroatoms. The number of ketones is 1. The standard InChI is InChI=1S/C18H17N3OS/c22-16(10-18-20-11-17(23-18)14-3-4-14)15-2-1-9-21(15)12-13-5-7-19-8-6-13/h1-2,5-9,11,14H,3-4,10,12H2. The van der Waals surface area contributed by atoms with Crippen molar-refractivity contribution in [3.8, 4) is 0 Å². The van der Waals surface area contributed by atoms with E-state index in [1.54, 1.807) is 23.7 Å². The van der Waals surface area contributed by atoms with Gasteiger partial charge in [-0.1, -0.05) is 0 Å². The molecule has 1 saturated carbocycles. The normalized spacial score (nSPS) is 14.1. The van der Waals surface area contributed by atoms with E-state index < -0.39 is 0 Å². The van der Waals surface area contributed by atoms with Crippen LogP contribution in [0, 0.1) is 0 Å². The smallest absolute Gasteiger partial charge is 0.186 e. The van der Waals surface area contributed by atoms with Gasteiger partial charge in [0.15, 0.2) is 5.78 Å². The number of hydrogen-bond acceptors (Lipinski definition) is 4. The summed E-state index contributed by atoms with van der Waals surface area (Å²) in [6, 6.07) is 7.75. The summed E-state index contributed by atoms with van der Waals surface area (Å²) in [5, 5.41) is 0.925. The zero-order valence-electron chi connectivity index (χ0n) is 12.7. The van der Waals surface area contributed by atoms with Gasteiger partial charge in [0.05, 0.1) is 12.1 Å². The maximum Gasteiger partial charge on any atom is 0.186 e. The summed E-state index contributed by atoms with van der Waals surface area (Å²) in [4.78, 5) is 22.4. The van der Waals surface area contributed by atoms with Crippen molar-refractivity contribution in [1.29, 1.82) is 0 Å². The third-order valence-corrected chi connectivity index (χ3v) is 5.24. The fourth-order valence-corrected chi connectivity index (χ4v) is 3.77. The van der Waals surface area contributed by atoms with Gasteiger partial charge in [-0.2, -0.15) is 0 Å². The molecule has 3 aromatic heterocycles. The van der Waals surface area contributed by atoms with E-state index in [4.69, 9.17) is 0 Å². The maximum atomic E-state index is 12.6. The Morgan fingerprint density at radius 3 is 2.87 bits per heavy atom. The van der Waals surface area contributed by atoms with Crippen LogP contribution < -0.4 is 0 Å². The van der Waals surface area contributed by atoms with E-state index in [-0.39, 0.29) is 5.78 Å². The Balaban J connectivity index is 1.48. The van der Waals surface area contributed by atoms with Gasteiger partial charge >= 0.3 is 0 Å². The Labute approximate surface area is 138 Å². The third-order valence-electron chi connectivity index (χ3n) is 4.08. The van der Waals surface area contributed by atoms with Gasteiger partial charge in [0, 0.05) is 36.2 Å². The van der Waals surface area contributed by atoms with E-state index in [9.17, 15) is 4.79 Å². The second-order valence-electron chi connectivity index (χ2n) is 5.91. The number of rotatable bonds is 6. The summed E-state index contributed by atoms with van der Waals surface area (Å²) >= 11 is 1.69. The molecule has 0 saturated heterocycles. The van der Waals surface area contributed by atoms with Crippen molar-refractivity contribution in [3.05, 3.63) is 70.2 Å². The van der Waals surface area contributed by atoms with Crippen LogP contribution in [0.15, 0.2) is 49.1 Å². The van der Waals surface area contributed by atoms with Crippen molar-refractivity contribution in [3.63, 3.8) is 0 Å². The number of Topliss-reactive ketones (excluding diaryl/α,β-unsaturated/α-hetero) is 1. The van der Waals surface area contributed by atoms with Crippen LogP contribution in [0.1, 0.15) is 44.7 Å². The molecule has 0 aliphatic heterocycles. The highest BCUT2D eigenvalue weighted by molar-refractivity contribution is 7.11. The van der Waals surface area contributed by atoms with Gasteiger partial charge in [-0.25, -0.2) is 4.98 Å². The average Bonchev–Trinajstić information content (AvgIpc) is 3.13. The molecule has 0 aromatic carbocycles. The molecule has 1 fully saturated rings. The zero-order valence-corrected chi connectivity index (χ0v) is 13.5. The number of thiazole rings is 1. The van der Waals surface area contributed by atoms with Gasteiger partial charge in [-0.3, -0.25) is 9.78 Å². The van der Waals surface area contributed by atoms with E-state index in [0.717, 1.165) is 16.3 Å². The van der Waals surface area contributed by atoms with Gasteiger partial charge < -0.3 is 4.57 Å². The molecule has 0 atom stereocenters. The number of nitrogens with zero attached hydrogens (tertiary/aromatic N) is 3. The van der Waals surface area contributed by atoms with Crippen LogP contribution >= 0.6 is 11.3 Å². The minimum absolute atomic E-state index is 0.126. The van der Waals surface area contributed by atoms with Crippen LogP contribution in [0.3, 0.4) is 0 Å². The Bertz CT molecular complexity index is 818. The Morgan fingerprint density at radius 2 is 2.09 bits per heavy atom. The van der Waals surface area contributed by atoms with Crippen molar-refractivity contribution in [2.24, 2.45) is 0 Å². The molecule has 23 heavy (non-hydrogen) atoms. The zero-order chi connectivity index (χ0) is 15.6. The number of aromatic nitrogens is 3. The highest BCUT2D eigenvalue weighted by atomic mass is 32.1. The minimum atomic E-state index is 0.126. The molecule has 116 valence electrons. The largest absolute Gasteiger partial charge is 0.341 e. The number of carbonyl (C=O) groups excluding carboxylic acids is 1. The van der Waals surface area contributed by atoms with Crippen LogP contribution in [0.2, 0.25) is 0 Å². The lowest BCUT2D eigenvalue weighted by molar-refractivity contribution is 0.0984. The average molecular weight is 323 g/mol. The van der Waals surface area contributed by atoms with E-state index in [0.29, 0.717) is 18.9 Å².